The standard InChI is InChI=1S/C14H14N6O3/c21-14(22)20-7-5-19(6-8-20)13-17-12(18-23-13)11-15-9-3-1-2-4-10(9)16-11/h1-4H,5-8H2,(H,15,16)(H,21,22). The Labute approximate surface area is 130 Å². The summed E-state index contributed by atoms with van der Waals surface area (Å²) in [5, 5.41) is 12.9. The summed E-state index contributed by atoms with van der Waals surface area (Å²) in [4.78, 5) is 26.1. The van der Waals surface area contributed by atoms with E-state index in [9.17, 15) is 4.79 Å². The Kier molecular flexibility index (Phi) is 3.11. The predicted molar refractivity (Wildman–Crippen MR) is 81.2 cm³/mol. The Hall–Kier alpha value is -3.10. The molecule has 23 heavy (non-hydrogen) atoms. The summed E-state index contributed by atoms with van der Waals surface area (Å²) < 4.78 is 5.29. The number of nitrogens with one attached hydrogen (secondary N) is 1. The fourth-order valence-electron chi connectivity index (χ4n) is 2.59. The van der Waals surface area contributed by atoms with Gasteiger partial charge in [0.15, 0.2) is 5.82 Å². The van der Waals surface area contributed by atoms with Gasteiger partial charge in [-0.1, -0.05) is 17.3 Å². The van der Waals surface area contributed by atoms with Crippen molar-refractivity contribution < 1.29 is 14.4 Å². The molecule has 3 aromatic rings. The number of anilines is 1. The zero-order chi connectivity index (χ0) is 15.8. The van der Waals surface area contributed by atoms with Gasteiger partial charge >= 0.3 is 12.1 Å². The van der Waals surface area contributed by atoms with Crippen LogP contribution in [0.3, 0.4) is 0 Å². The molecule has 0 atom stereocenters. The number of hydrogen-bond donors (Lipinski definition) is 2. The summed E-state index contributed by atoms with van der Waals surface area (Å²) in [5.74, 6) is 0.933. The first-order valence-electron chi connectivity index (χ1n) is 7.22. The number of piperazine rings is 1. The van der Waals surface area contributed by atoms with Crippen LogP contribution in [0.25, 0.3) is 22.7 Å². The molecule has 4 rings (SSSR count). The number of rotatable bonds is 2. The van der Waals surface area contributed by atoms with Crippen LogP contribution in [0.5, 0.6) is 0 Å². The summed E-state index contributed by atoms with van der Waals surface area (Å²) in [6, 6.07) is 8.05. The minimum absolute atomic E-state index is 0.380. The molecule has 0 spiro atoms. The number of aromatic nitrogens is 4. The van der Waals surface area contributed by atoms with E-state index in [-0.39, 0.29) is 0 Å². The van der Waals surface area contributed by atoms with Crippen LogP contribution >= 0.6 is 0 Å². The normalized spacial score (nSPS) is 15.3. The lowest BCUT2D eigenvalue weighted by molar-refractivity contribution is 0.141. The molecule has 1 aliphatic heterocycles. The van der Waals surface area contributed by atoms with Crippen molar-refractivity contribution >= 4 is 23.1 Å². The van der Waals surface area contributed by atoms with E-state index < -0.39 is 6.09 Å². The number of para-hydroxylation sites is 2. The van der Waals surface area contributed by atoms with E-state index >= 15 is 0 Å². The van der Waals surface area contributed by atoms with E-state index in [0.29, 0.717) is 43.8 Å². The van der Waals surface area contributed by atoms with Crippen LogP contribution in [0.2, 0.25) is 0 Å². The van der Waals surface area contributed by atoms with Crippen molar-refractivity contribution in [2.24, 2.45) is 0 Å². The topological polar surface area (TPSA) is 111 Å². The van der Waals surface area contributed by atoms with E-state index in [1.54, 1.807) is 0 Å². The lowest BCUT2D eigenvalue weighted by Crippen LogP contribution is -2.48. The van der Waals surface area contributed by atoms with Crippen molar-refractivity contribution in [3.05, 3.63) is 24.3 Å². The van der Waals surface area contributed by atoms with Crippen LogP contribution in [0.15, 0.2) is 28.8 Å². The second-order valence-corrected chi connectivity index (χ2v) is 5.26. The largest absolute Gasteiger partial charge is 0.465 e. The average molecular weight is 314 g/mol. The molecule has 3 heterocycles. The first-order valence-corrected chi connectivity index (χ1v) is 7.22. The molecule has 0 radical (unpaired) electrons. The zero-order valence-electron chi connectivity index (χ0n) is 12.1. The highest BCUT2D eigenvalue weighted by Gasteiger charge is 2.24. The minimum atomic E-state index is -0.904. The number of carbonyl (C=O) groups is 1. The van der Waals surface area contributed by atoms with Gasteiger partial charge in [0.25, 0.3) is 0 Å². The van der Waals surface area contributed by atoms with Gasteiger partial charge in [-0.05, 0) is 12.1 Å². The lowest BCUT2D eigenvalue weighted by Gasteiger charge is -2.31. The number of hydrogen-bond acceptors (Lipinski definition) is 6. The summed E-state index contributed by atoms with van der Waals surface area (Å²) in [5.41, 5.74) is 1.74. The maximum absolute atomic E-state index is 10.9. The zero-order valence-corrected chi connectivity index (χ0v) is 12.1. The Balaban J connectivity index is 1.54. The van der Waals surface area contributed by atoms with Crippen molar-refractivity contribution in [2.45, 2.75) is 0 Å². The average Bonchev–Trinajstić information content (AvgIpc) is 3.21. The van der Waals surface area contributed by atoms with Gasteiger partial charge in [0.2, 0.25) is 5.82 Å². The van der Waals surface area contributed by atoms with Crippen molar-refractivity contribution in [1.29, 1.82) is 0 Å². The Morgan fingerprint density at radius 2 is 1.96 bits per heavy atom. The van der Waals surface area contributed by atoms with Crippen LogP contribution in [-0.4, -0.2) is 62.4 Å². The molecule has 1 aromatic carbocycles. The number of H-pyrrole nitrogens is 1. The molecule has 0 unspecified atom stereocenters. The van der Waals surface area contributed by atoms with Crippen LogP contribution in [-0.2, 0) is 0 Å². The third-order valence-electron chi connectivity index (χ3n) is 3.84. The highest BCUT2D eigenvalue weighted by atomic mass is 16.5. The fraction of sp³-hybridized carbons (Fsp3) is 0.286. The van der Waals surface area contributed by atoms with E-state index in [1.165, 1.54) is 4.90 Å². The number of amides is 1. The molecular formula is C14H14N6O3. The predicted octanol–water partition coefficient (Wildman–Crippen LogP) is 1.41. The van der Waals surface area contributed by atoms with Gasteiger partial charge in [0, 0.05) is 26.2 Å². The molecule has 9 nitrogen and oxygen atoms in total. The van der Waals surface area contributed by atoms with Crippen LogP contribution in [0.4, 0.5) is 10.8 Å². The van der Waals surface area contributed by atoms with Crippen molar-refractivity contribution in [3.8, 4) is 11.6 Å². The Bertz CT molecular complexity index is 816. The minimum Gasteiger partial charge on any atom is -0.465 e. The molecule has 0 saturated carbocycles. The van der Waals surface area contributed by atoms with Gasteiger partial charge in [-0.25, -0.2) is 9.78 Å². The molecular weight excluding hydrogens is 300 g/mol. The number of imidazole rings is 1. The molecule has 0 aliphatic carbocycles. The van der Waals surface area contributed by atoms with Gasteiger partial charge in [0.1, 0.15) is 0 Å². The van der Waals surface area contributed by atoms with E-state index in [4.69, 9.17) is 9.63 Å². The maximum Gasteiger partial charge on any atom is 0.407 e. The SMILES string of the molecule is O=C(O)N1CCN(c2nc(-c3nc4ccccc4[nH]3)no2)CC1. The quantitative estimate of drug-likeness (QED) is 0.735. The molecule has 1 fully saturated rings. The molecule has 2 N–H and O–H groups in total. The lowest BCUT2D eigenvalue weighted by atomic mass is 10.3. The molecule has 0 bridgehead atoms. The summed E-state index contributed by atoms with van der Waals surface area (Å²) >= 11 is 0. The molecule has 118 valence electrons. The van der Waals surface area contributed by atoms with Gasteiger partial charge in [-0.2, -0.15) is 4.98 Å². The summed E-state index contributed by atoms with van der Waals surface area (Å²) in [7, 11) is 0. The number of carboxylic acid groups (broad SMARTS) is 1. The van der Waals surface area contributed by atoms with E-state index in [1.807, 2.05) is 29.2 Å². The Morgan fingerprint density at radius 1 is 1.17 bits per heavy atom. The molecule has 2 aromatic heterocycles. The van der Waals surface area contributed by atoms with Crippen LogP contribution in [0, 0.1) is 0 Å². The molecule has 1 aliphatic rings. The van der Waals surface area contributed by atoms with Crippen molar-refractivity contribution in [2.75, 3.05) is 31.1 Å². The number of aromatic amines is 1. The molecule has 9 heteroatoms. The van der Waals surface area contributed by atoms with Gasteiger partial charge in [-0.3, -0.25) is 0 Å². The number of fused-ring (bicyclic) bond motifs is 1. The van der Waals surface area contributed by atoms with Crippen molar-refractivity contribution in [1.82, 2.24) is 25.0 Å². The molecule has 1 amide bonds. The highest BCUT2D eigenvalue weighted by Crippen LogP contribution is 2.21. The first kappa shape index (κ1) is 13.6. The second-order valence-electron chi connectivity index (χ2n) is 5.26. The summed E-state index contributed by atoms with van der Waals surface area (Å²) in [6.07, 6.45) is -0.904. The third-order valence-corrected chi connectivity index (χ3v) is 3.84. The summed E-state index contributed by atoms with van der Waals surface area (Å²) in [6.45, 7) is 1.87. The van der Waals surface area contributed by atoms with Crippen molar-refractivity contribution in [3.63, 3.8) is 0 Å². The smallest absolute Gasteiger partial charge is 0.407 e. The van der Waals surface area contributed by atoms with Crippen LogP contribution in [0.1, 0.15) is 0 Å². The maximum atomic E-state index is 10.9. The second kappa shape index (κ2) is 5.27. The van der Waals surface area contributed by atoms with E-state index in [0.717, 1.165) is 11.0 Å². The van der Waals surface area contributed by atoms with Crippen LogP contribution < -0.4 is 4.90 Å². The van der Waals surface area contributed by atoms with Gasteiger partial charge in [-0.15, -0.1) is 0 Å². The van der Waals surface area contributed by atoms with Gasteiger partial charge < -0.3 is 24.4 Å². The highest BCUT2D eigenvalue weighted by molar-refractivity contribution is 5.78. The fourth-order valence-corrected chi connectivity index (χ4v) is 2.59. The third kappa shape index (κ3) is 2.45. The van der Waals surface area contributed by atoms with E-state index in [2.05, 4.69) is 20.1 Å². The monoisotopic (exact) mass is 314 g/mol. The van der Waals surface area contributed by atoms with Gasteiger partial charge in [0.05, 0.1) is 11.0 Å². The molecule has 1 saturated heterocycles. The first-order chi connectivity index (χ1) is 11.2. The number of benzene rings is 1. The number of nitrogens with zero attached hydrogens (tertiary/aromatic N) is 5. The Morgan fingerprint density at radius 3 is 2.70 bits per heavy atom.